The van der Waals surface area contributed by atoms with Crippen molar-refractivity contribution in [3.8, 4) is 0 Å². The third-order valence-electron chi connectivity index (χ3n) is 3.14. The van der Waals surface area contributed by atoms with Crippen molar-refractivity contribution in [3.05, 3.63) is 39.2 Å². The van der Waals surface area contributed by atoms with Crippen LogP contribution in [0, 0.1) is 5.92 Å². The number of rotatable bonds is 4. The van der Waals surface area contributed by atoms with Gasteiger partial charge in [0.2, 0.25) is 0 Å². The number of hydrogen-bond donors (Lipinski definition) is 0. The molecule has 22 heavy (non-hydrogen) atoms. The zero-order valence-corrected chi connectivity index (χ0v) is 15.1. The summed E-state index contributed by atoms with van der Waals surface area (Å²) in [6.07, 6.45) is 1.78. The highest BCUT2D eigenvalue weighted by molar-refractivity contribution is 9.10. The maximum atomic E-state index is 12.2. The van der Waals surface area contributed by atoms with Crippen LogP contribution in [0.4, 0.5) is 4.79 Å². The van der Waals surface area contributed by atoms with Gasteiger partial charge >= 0.3 is 0 Å². The topological polar surface area (TPSA) is 60.4 Å². The molecule has 0 N–H and O–H groups in total. The van der Waals surface area contributed by atoms with Crippen molar-refractivity contribution < 1.29 is 14.7 Å². The van der Waals surface area contributed by atoms with Gasteiger partial charge in [0.25, 0.3) is 5.24 Å². The van der Waals surface area contributed by atoms with E-state index in [2.05, 4.69) is 15.9 Å². The lowest BCUT2D eigenvalue weighted by molar-refractivity contribution is -0.311. The van der Waals surface area contributed by atoms with Gasteiger partial charge in [0.1, 0.15) is 4.99 Å². The van der Waals surface area contributed by atoms with E-state index in [-0.39, 0.29) is 16.1 Å². The highest BCUT2D eigenvalue weighted by Crippen LogP contribution is 2.36. The van der Waals surface area contributed by atoms with Crippen LogP contribution >= 0.6 is 39.9 Å². The molecule has 1 aliphatic heterocycles. The van der Waals surface area contributed by atoms with Gasteiger partial charge in [-0.05, 0) is 41.5 Å². The predicted octanol–water partition coefficient (Wildman–Crippen LogP) is 3.06. The molecule has 0 spiro atoms. The van der Waals surface area contributed by atoms with Crippen molar-refractivity contribution in [1.29, 1.82) is 0 Å². The number of hydrogen-bond acceptors (Lipinski definition) is 5. The molecule has 1 aliphatic rings. The van der Waals surface area contributed by atoms with Crippen LogP contribution in [0.5, 0.6) is 0 Å². The molecular formula is C15H13BrNO3S2-. The van der Waals surface area contributed by atoms with E-state index in [1.807, 2.05) is 24.3 Å². The molecule has 0 saturated carbocycles. The number of carboxylic acids is 1. The minimum absolute atomic E-state index is 0.237. The van der Waals surface area contributed by atoms with Crippen LogP contribution in [0.1, 0.15) is 19.4 Å². The second-order valence-electron chi connectivity index (χ2n) is 5.11. The van der Waals surface area contributed by atoms with E-state index in [9.17, 15) is 14.7 Å². The third kappa shape index (κ3) is 3.59. The van der Waals surface area contributed by atoms with Crippen molar-refractivity contribution in [2.45, 2.75) is 19.9 Å². The first kappa shape index (κ1) is 17.2. The smallest absolute Gasteiger partial charge is 0.292 e. The minimum Gasteiger partial charge on any atom is -0.548 e. The van der Waals surface area contributed by atoms with E-state index in [1.54, 1.807) is 19.9 Å². The molecule has 1 amide bonds. The SMILES string of the molecule is CC(C)[C@H](C(=O)[O-])N1C(=O)SC(=Cc2ccc(Br)cc2)C1=S. The van der Waals surface area contributed by atoms with Crippen LogP contribution in [0.3, 0.4) is 0 Å². The second-order valence-corrected chi connectivity index (χ2v) is 7.41. The molecule has 0 bridgehead atoms. The van der Waals surface area contributed by atoms with E-state index in [4.69, 9.17) is 12.2 Å². The fourth-order valence-corrected chi connectivity index (χ4v) is 3.68. The summed E-state index contributed by atoms with van der Waals surface area (Å²) < 4.78 is 0.950. The molecule has 0 aromatic heterocycles. The summed E-state index contributed by atoms with van der Waals surface area (Å²) in [7, 11) is 0. The molecule has 1 atom stereocenters. The minimum atomic E-state index is -1.30. The number of thioether (sulfide) groups is 1. The molecular weight excluding hydrogens is 386 g/mol. The Bertz CT molecular complexity index is 655. The summed E-state index contributed by atoms with van der Waals surface area (Å²) in [6.45, 7) is 3.44. The Morgan fingerprint density at radius 1 is 1.36 bits per heavy atom. The van der Waals surface area contributed by atoms with E-state index in [0.29, 0.717) is 4.91 Å². The predicted molar refractivity (Wildman–Crippen MR) is 93.2 cm³/mol. The van der Waals surface area contributed by atoms with Crippen LogP contribution in [0.15, 0.2) is 33.6 Å². The average molecular weight is 399 g/mol. The fraction of sp³-hybridized carbons (Fsp3) is 0.267. The molecule has 4 nitrogen and oxygen atoms in total. The van der Waals surface area contributed by atoms with Crippen molar-refractivity contribution in [2.75, 3.05) is 0 Å². The monoisotopic (exact) mass is 398 g/mol. The first-order valence-corrected chi connectivity index (χ1v) is 8.56. The van der Waals surface area contributed by atoms with Gasteiger partial charge in [0, 0.05) is 4.47 Å². The number of carboxylic acid groups (broad SMARTS) is 1. The van der Waals surface area contributed by atoms with Gasteiger partial charge in [0.05, 0.1) is 16.9 Å². The fourth-order valence-electron chi connectivity index (χ4n) is 2.11. The van der Waals surface area contributed by atoms with Crippen LogP contribution in [-0.4, -0.2) is 27.1 Å². The van der Waals surface area contributed by atoms with E-state index >= 15 is 0 Å². The number of amides is 1. The molecule has 0 aliphatic carbocycles. The molecule has 7 heteroatoms. The van der Waals surface area contributed by atoms with Crippen LogP contribution in [-0.2, 0) is 4.79 Å². The van der Waals surface area contributed by atoms with Gasteiger partial charge in [-0.2, -0.15) is 0 Å². The molecule has 1 aromatic rings. The summed E-state index contributed by atoms with van der Waals surface area (Å²) in [4.78, 5) is 25.4. The van der Waals surface area contributed by atoms with E-state index in [1.165, 1.54) is 0 Å². The summed E-state index contributed by atoms with van der Waals surface area (Å²) in [6, 6.07) is 6.47. The van der Waals surface area contributed by atoms with Gasteiger partial charge in [0.15, 0.2) is 0 Å². The second kappa shape index (κ2) is 6.93. The molecule has 1 saturated heterocycles. The Morgan fingerprint density at radius 3 is 2.45 bits per heavy atom. The van der Waals surface area contributed by atoms with Crippen LogP contribution in [0.2, 0.25) is 0 Å². The van der Waals surface area contributed by atoms with Crippen LogP contribution in [0.25, 0.3) is 6.08 Å². The Hall–Kier alpha value is -1.18. The molecule has 0 unspecified atom stereocenters. The maximum absolute atomic E-state index is 12.2. The summed E-state index contributed by atoms with van der Waals surface area (Å²) in [5, 5.41) is 10.9. The summed E-state index contributed by atoms with van der Waals surface area (Å²) in [5.74, 6) is -1.59. The van der Waals surface area contributed by atoms with Gasteiger partial charge in [-0.25, -0.2) is 0 Å². The Labute approximate surface area is 146 Å². The first-order chi connectivity index (χ1) is 10.3. The molecule has 0 radical (unpaired) electrons. The maximum Gasteiger partial charge on any atom is 0.292 e. The number of thiocarbonyl (C=S) groups is 1. The lowest BCUT2D eigenvalue weighted by Gasteiger charge is -2.30. The molecule has 1 fully saturated rings. The van der Waals surface area contributed by atoms with Crippen molar-refractivity contribution in [2.24, 2.45) is 5.92 Å². The summed E-state index contributed by atoms with van der Waals surface area (Å²) in [5.41, 5.74) is 0.886. The molecule has 1 heterocycles. The third-order valence-corrected chi connectivity index (χ3v) is 5.12. The standard InChI is InChI=1S/C15H14BrNO3S2/c1-8(2)12(14(18)19)17-13(21)11(22-15(17)20)7-9-3-5-10(16)6-4-9/h3-8,12H,1-2H3,(H,18,19)/p-1/t12-/m1/s1. The van der Waals surface area contributed by atoms with E-state index in [0.717, 1.165) is 26.7 Å². The zero-order chi connectivity index (χ0) is 16.4. The van der Waals surface area contributed by atoms with Crippen molar-refractivity contribution >= 4 is 62.2 Å². The average Bonchev–Trinajstić information content (AvgIpc) is 2.69. The lowest BCUT2D eigenvalue weighted by Crippen LogP contribution is -2.52. The quantitative estimate of drug-likeness (QED) is 0.575. The molecule has 2 rings (SSSR count). The number of nitrogens with zero attached hydrogens (tertiary/aromatic N) is 1. The van der Waals surface area contributed by atoms with Gasteiger partial charge in [-0.15, -0.1) is 0 Å². The van der Waals surface area contributed by atoms with Gasteiger partial charge in [-0.1, -0.05) is 54.1 Å². The van der Waals surface area contributed by atoms with Gasteiger partial charge in [-0.3, -0.25) is 9.69 Å². The Kier molecular flexibility index (Phi) is 5.41. The van der Waals surface area contributed by atoms with Crippen molar-refractivity contribution in [1.82, 2.24) is 4.90 Å². The summed E-state index contributed by atoms with van der Waals surface area (Å²) >= 11 is 9.60. The lowest BCUT2D eigenvalue weighted by atomic mass is 10.0. The number of carbonyl (C=O) groups excluding carboxylic acids is 2. The normalized spacial score (nSPS) is 18.4. The number of aliphatic carboxylic acids is 1. The molecule has 116 valence electrons. The zero-order valence-electron chi connectivity index (χ0n) is 11.9. The van der Waals surface area contributed by atoms with Crippen LogP contribution < -0.4 is 5.11 Å². The largest absolute Gasteiger partial charge is 0.548 e. The number of carbonyl (C=O) groups is 2. The Balaban J connectivity index is 2.32. The molecule has 1 aromatic carbocycles. The number of halogens is 1. The van der Waals surface area contributed by atoms with Gasteiger partial charge < -0.3 is 9.90 Å². The number of benzene rings is 1. The first-order valence-electron chi connectivity index (χ1n) is 6.54. The van der Waals surface area contributed by atoms with E-state index < -0.39 is 12.0 Å². The Morgan fingerprint density at radius 2 is 1.95 bits per heavy atom. The highest BCUT2D eigenvalue weighted by atomic mass is 79.9. The van der Waals surface area contributed by atoms with Crippen molar-refractivity contribution in [3.63, 3.8) is 0 Å². The highest BCUT2D eigenvalue weighted by Gasteiger charge is 2.38.